The van der Waals surface area contributed by atoms with Crippen LogP contribution in [0.5, 0.6) is 0 Å². The van der Waals surface area contributed by atoms with Crippen LogP contribution in [-0.4, -0.2) is 17.8 Å². The summed E-state index contributed by atoms with van der Waals surface area (Å²) in [6, 6.07) is 8.35. The largest absolute Gasteiger partial charge is 0.395 e. The van der Waals surface area contributed by atoms with E-state index in [1.807, 2.05) is 0 Å². The van der Waals surface area contributed by atoms with Crippen LogP contribution < -0.4 is 5.73 Å². The average molecular weight is 193 g/mol. The fraction of sp³-hybridized carbons (Fsp3) is 0.500. The predicted molar refractivity (Wildman–Crippen MR) is 59.2 cm³/mol. The molecule has 0 bridgehead atoms. The molecule has 14 heavy (non-hydrogen) atoms. The molecule has 1 unspecified atom stereocenters. The van der Waals surface area contributed by atoms with Crippen LogP contribution >= 0.6 is 0 Å². The first-order chi connectivity index (χ1) is 6.76. The van der Waals surface area contributed by atoms with Gasteiger partial charge < -0.3 is 10.8 Å². The van der Waals surface area contributed by atoms with E-state index in [1.165, 1.54) is 17.5 Å². The van der Waals surface area contributed by atoms with Crippen LogP contribution in [0.25, 0.3) is 0 Å². The topological polar surface area (TPSA) is 46.2 Å². The highest BCUT2D eigenvalue weighted by Gasteiger charge is 2.01. The van der Waals surface area contributed by atoms with Crippen LogP contribution in [0.1, 0.15) is 24.5 Å². The highest BCUT2D eigenvalue weighted by molar-refractivity contribution is 5.23. The zero-order valence-electron chi connectivity index (χ0n) is 8.74. The van der Waals surface area contributed by atoms with Gasteiger partial charge in [0, 0.05) is 6.04 Å². The summed E-state index contributed by atoms with van der Waals surface area (Å²) in [5, 5.41) is 8.81. The lowest BCUT2D eigenvalue weighted by Crippen LogP contribution is -2.26. The van der Waals surface area contributed by atoms with Crippen molar-refractivity contribution in [3.05, 3.63) is 35.4 Å². The van der Waals surface area contributed by atoms with Gasteiger partial charge in [0.15, 0.2) is 0 Å². The fourth-order valence-electron chi connectivity index (χ4n) is 1.50. The third-order valence-corrected chi connectivity index (χ3v) is 2.29. The molecule has 0 saturated heterocycles. The predicted octanol–water partition coefficient (Wildman–Crippen LogP) is 1.50. The van der Waals surface area contributed by atoms with E-state index < -0.39 is 0 Å². The standard InChI is InChI=1S/C12H19NO/c1-2-3-10-4-6-11(7-5-10)8-12(13)9-14/h4-7,12,14H,2-3,8-9,13H2,1H3. The van der Waals surface area contributed by atoms with Gasteiger partial charge in [-0.2, -0.15) is 0 Å². The molecule has 0 amide bonds. The van der Waals surface area contributed by atoms with Gasteiger partial charge in [-0.3, -0.25) is 0 Å². The number of aliphatic hydroxyl groups is 1. The summed E-state index contributed by atoms with van der Waals surface area (Å²) in [5.74, 6) is 0. The summed E-state index contributed by atoms with van der Waals surface area (Å²) >= 11 is 0. The summed E-state index contributed by atoms with van der Waals surface area (Å²) in [4.78, 5) is 0. The van der Waals surface area contributed by atoms with Gasteiger partial charge in [0.25, 0.3) is 0 Å². The number of aliphatic hydroxyl groups excluding tert-OH is 1. The maximum absolute atomic E-state index is 8.81. The Morgan fingerprint density at radius 2 is 1.79 bits per heavy atom. The normalized spacial score (nSPS) is 12.8. The highest BCUT2D eigenvalue weighted by Crippen LogP contribution is 2.08. The smallest absolute Gasteiger partial charge is 0.0585 e. The van der Waals surface area contributed by atoms with Crippen LogP contribution in [0.4, 0.5) is 0 Å². The summed E-state index contributed by atoms with van der Waals surface area (Å²) in [5.41, 5.74) is 8.22. The Morgan fingerprint density at radius 1 is 1.21 bits per heavy atom. The van der Waals surface area contributed by atoms with Gasteiger partial charge >= 0.3 is 0 Å². The number of hydrogen-bond donors (Lipinski definition) is 2. The second-order valence-electron chi connectivity index (χ2n) is 3.71. The minimum atomic E-state index is -0.132. The first-order valence-electron chi connectivity index (χ1n) is 5.20. The molecule has 2 nitrogen and oxygen atoms in total. The van der Waals surface area contributed by atoms with Crippen LogP contribution in [0.15, 0.2) is 24.3 Å². The van der Waals surface area contributed by atoms with Crippen molar-refractivity contribution in [2.75, 3.05) is 6.61 Å². The molecular weight excluding hydrogens is 174 g/mol. The average Bonchev–Trinajstić information content (AvgIpc) is 2.21. The van der Waals surface area contributed by atoms with Gasteiger partial charge in [0.1, 0.15) is 0 Å². The van der Waals surface area contributed by atoms with E-state index >= 15 is 0 Å². The van der Waals surface area contributed by atoms with Crippen molar-refractivity contribution in [3.8, 4) is 0 Å². The minimum absolute atomic E-state index is 0.0523. The molecule has 0 aliphatic carbocycles. The van der Waals surface area contributed by atoms with Crippen molar-refractivity contribution in [3.63, 3.8) is 0 Å². The van der Waals surface area contributed by atoms with E-state index in [9.17, 15) is 0 Å². The Kier molecular flexibility index (Phi) is 4.63. The van der Waals surface area contributed by atoms with E-state index in [2.05, 4.69) is 31.2 Å². The van der Waals surface area contributed by atoms with E-state index in [-0.39, 0.29) is 12.6 Å². The molecular formula is C12H19NO. The molecule has 78 valence electrons. The number of nitrogens with two attached hydrogens (primary N) is 1. The molecule has 0 spiro atoms. The molecule has 1 rings (SSSR count). The third-order valence-electron chi connectivity index (χ3n) is 2.29. The lowest BCUT2D eigenvalue weighted by molar-refractivity contribution is 0.265. The van der Waals surface area contributed by atoms with E-state index in [1.54, 1.807) is 0 Å². The maximum atomic E-state index is 8.81. The van der Waals surface area contributed by atoms with Crippen molar-refractivity contribution in [2.24, 2.45) is 5.73 Å². The zero-order valence-corrected chi connectivity index (χ0v) is 8.74. The first kappa shape index (κ1) is 11.2. The van der Waals surface area contributed by atoms with E-state index in [0.717, 1.165) is 12.8 Å². The lowest BCUT2D eigenvalue weighted by Gasteiger charge is -2.08. The molecule has 1 aromatic carbocycles. The summed E-state index contributed by atoms with van der Waals surface area (Å²) in [6.07, 6.45) is 3.06. The number of benzene rings is 1. The highest BCUT2D eigenvalue weighted by atomic mass is 16.3. The summed E-state index contributed by atoms with van der Waals surface area (Å²) < 4.78 is 0. The number of aryl methyl sites for hydroxylation is 1. The Morgan fingerprint density at radius 3 is 2.29 bits per heavy atom. The van der Waals surface area contributed by atoms with Gasteiger partial charge in [0.2, 0.25) is 0 Å². The van der Waals surface area contributed by atoms with E-state index in [0.29, 0.717) is 0 Å². The Balaban J connectivity index is 2.54. The van der Waals surface area contributed by atoms with Crippen molar-refractivity contribution >= 4 is 0 Å². The van der Waals surface area contributed by atoms with Crippen LogP contribution in [0.3, 0.4) is 0 Å². The molecule has 3 N–H and O–H groups in total. The van der Waals surface area contributed by atoms with Gasteiger partial charge in [-0.05, 0) is 24.0 Å². The van der Waals surface area contributed by atoms with Crippen LogP contribution in [0.2, 0.25) is 0 Å². The van der Waals surface area contributed by atoms with Crippen molar-refractivity contribution in [1.82, 2.24) is 0 Å². The first-order valence-corrected chi connectivity index (χ1v) is 5.20. The van der Waals surface area contributed by atoms with Crippen LogP contribution in [0, 0.1) is 0 Å². The van der Waals surface area contributed by atoms with Gasteiger partial charge in [-0.1, -0.05) is 37.6 Å². The molecule has 0 saturated carbocycles. The van der Waals surface area contributed by atoms with E-state index in [4.69, 9.17) is 10.8 Å². The number of hydrogen-bond acceptors (Lipinski definition) is 2. The Hall–Kier alpha value is -0.860. The molecule has 2 heteroatoms. The molecule has 0 radical (unpaired) electrons. The summed E-state index contributed by atoms with van der Waals surface area (Å²) in [6.45, 7) is 2.23. The lowest BCUT2D eigenvalue weighted by atomic mass is 10.0. The molecule has 0 aliphatic heterocycles. The summed E-state index contributed by atoms with van der Waals surface area (Å²) in [7, 11) is 0. The molecule has 0 heterocycles. The molecule has 1 aromatic rings. The third kappa shape index (κ3) is 3.48. The van der Waals surface area contributed by atoms with Crippen LogP contribution in [-0.2, 0) is 12.8 Å². The Labute approximate surface area is 85.8 Å². The Bertz CT molecular complexity index is 256. The SMILES string of the molecule is CCCc1ccc(CC(N)CO)cc1. The number of rotatable bonds is 5. The monoisotopic (exact) mass is 193 g/mol. The van der Waals surface area contributed by atoms with Crippen molar-refractivity contribution < 1.29 is 5.11 Å². The molecule has 0 aliphatic rings. The molecule has 1 atom stereocenters. The van der Waals surface area contributed by atoms with Crippen molar-refractivity contribution in [2.45, 2.75) is 32.2 Å². The quantitative estimate of drug-likeness (QED) is 0.744. The van der Waals surface area contributed by atoms with Gasteiger partial charge in [-0.15, -0.1) is 0 Å². The van der Waals surface area contributed by atoms with Gasteiger partial charge in [0.05, 0.1) is 6.61 Å². The fourth-order valence-corrected chi connectivity index (χ4v) is 1.50. The molecule has 0 aromatic heterocycles. The van der Waals surface area contributed by atoms with Gasteiger partial charge in [-0.25, -0.2) is 0 Å². The molecule has 0 fully saturated rings. The maximum Gasteiger partial charge on any atom is 0.0585 e. The second kappa shape index (κ2) is 5.78. The van der Waals surface area contributed by atoms with Crippen molar-refractivity contribution in [1.29, 1.82) is 0 Å². The second-order valence-corrected chi connectivity index (χ2v) is 3.71. The zero-order chi connectivity index (χ0) is 10.4. The minimum Gasteiger partial charge on any atom is -0.395 e.